The maximum absolute atomic E-state index is 2.21. The van der Waals surface area contributed by atoms with Gasteiger partial charge in [-0.1, -0.05) is 24.3 Å². The van der Waals surface area contributed by atoms with Crippen LogP contribution in [0.3, 0.4) is 0 Å². The molecule has 0 saturated heterocycles. The molecule has 0 fully saturated rings. The Morgan fingerprint density at radius 2 is 2.00 bits per heavy atom. The summed E-state index contributed by atoms with van der Waals surface area (Å²) in [7, 11) is 0.800. The average Bonchev–Trinajstić information content (AvgIpc) is 2.61. The van der Waals surface area contributed by atoms with Crippen LogP contribution in [-0.2, 0) is 0 Å². The summed E-state index contributed by atoms with van der Waals surface area (Å²) >= 11 is 0. The highest BCUT2D eigenvalue weighted by molar-refractivity contribution is 7.55. The topological polar surface area (TPSA) is 0 Å². The minimum atomic E-state index is 0.800. The van der Waals surface area contributed by atoms with Crippen LogP contribution in [0, 0.1) is 6.92 Å². The van der Waals surface area contributed by atoms with Crippen molar-refractivity contribution in [3.05, 3.63) is 54.1 Å². The van der Waals surface area contributed by atoms with Gasteiger partial charge in [0.2, 0.25) is 0 Å². The van der Waals surface area contributed by atoms with Crippen molar-refractivity contribution in [3.8, 4) is 0 Å². The molecular formula is C12H12P-. The first-order valence-corrected chi connectivity index (χ1v) is 5.40. The summed E-state index contributed by atoms with van der Waals surface area (Å²) in [4.78, 5) is 0. The number of rotatable bonds is 2. The van der Waals surface area contributed by atoms with Crippen molar-refractivity contribution in [2.75, 3.05) is 0 Å². The van der Waals surface area contributed by atoms with Crippen LogP contribution >= 0.6 is 8.58 Å². The monoisotopic (exact) mass is 187 g/mol. The Kier molecular flexibility index (Phi) is 2.52. The fraction of sp³-hybridized carbons (Fsp3) is 0.0833. The summed E-state index contributed by atoms with van der Waals surface area (Å²) in [6.45, 7) is 2.17. The molecule has 0 saturated carbocycles. The van der Waals surface area contributed by atoms with Crippen molar-refractivity contribution in [2.45, 2.75) is 6.92 Å². The van der Waals surface area contributed by atoms with Crippen LogP contribution in [0.5, 0.6) is 0 Å². The van der Waals surface area contributed by atoms with E-state index in [9.17, 15) is 0 Å². The normalized spacial score (nSPS) is 11.2. The zero-order valence-electron chi connectivity index (χ0n) is 7.62. The third-order valence-electron chi connectivity index (χ3n) is 2.09. The van der Waals surface area contributed by atoms with Crippen LogP contribution in [-0.4, -0.2) is 0 Å². The quantitative estimate of drug-likeness (QED) is 0.500. The largest absolute Gasteiger partial charge is 0.206 e. The second-order valence-electron chi connectivity index (χ2n) is 3.11. The van der Waals surface area contributed by atoms with E-state index < -0.39 is 0 Å². The highest BCUT2D eigenvalue weighted by Crippen LogP contribution is 2.12. The van der Waals surface area contributed by atoms with Gasteiger partial charge in [0.05, 0.1) is 0 Å². The van der Waals surface area contributed by atoms with E-state index in [1.54, 1.807) is 0 Å². The van der Waals surface area contributed by atoms with Gasteiger partial charge in [-0.2, -0.15) is 23.5 Å². The molecule has 0 N–H and O–H groups in total. The highest BCUT2D eigenvalue weighted by atomic mass is 31.1. The predicted octanol–water partition coefficient (Wildman–Crippen LogP) is 2.34. The van der Waals surface area contributed by atoms with Crippen LogP contribution in [0.4, 0.5) is 0 Å². The van der Waals surface area contributed by atoms with Gasteiger partial charge >= 0.3 is 0 Å². The van der Waals surface area contributed by atoms with Crippen molar-refractivity contribution < 1.29 is 0 Å². The van der Waals surface area contributed by atoms with Crippen molar-refractivity contribution in [3.63, 3.8) is 0 Å². The smallest absolute Gasteiger partial charge is 0.0326 e. The lowest BCUT2D eigenvalue weighted by molar-refractivity contribution is 1.52. The summed E-state index contributed by atoms with van der Waals surface area (Å²) in [6.07, 6.45) is 0. The van der Waals surface area contributed by atoms with E-state index in [0.29, 0.717) is 0 Å². The number of aryl methyl sites for hydroxylation is 1. The van der Waals surface area contributed by atoms with Gasteiger partial charge in [-0.05, 0) is 17.8 Å². The number of hydrogen-bond acceptors (Lipinski definition) is 0. The molecule has 0 aliphatic heterocycles. The number of benzene rings is 1. The minimum absolute atomic E-state index is 0.800. The molecule has 0 spiro atoms. The van der Waals surface area contributed by atoms with Crippen LogP contribution in [0.25, 0.3) is 0 Å². The Labute approximate surface area is 80.8 Å². The fourth-order valence-corrected chi connectivity index (χ4v) is 2.46. The van der Waals surface area contributed by atoms with E-state index in [0.717, 1.165) is 8.58 Å². The lowest BCUT2D eigenvalue weighted by Crippen LogP contribution is -2.04. The van der Waals surface area contributed by atoms with E-state index in [-0.39, 0.29) is 0 Å². The van der Waals surface area contributed by atoms with Crippen molar-refractivity contribution in [2.24, 2.45) is 0 Å². The zero-order chi connectivity index (χ0) is 9.10. The molecule has 1 atom stereocenters. The summed E-state index contributed by atoms with van der Waals surface area (Å²) in [5.41, 5.74) is 1.39. The third-order valence-corrected chi connectivity index (χ3v) is 3.54. The van der Waals surface area contributed by atoms with Gasteiger partial charge in [0, 0.05) is 0 Å². The van der Waals surface area contributed by atoms with E-state index in [4.69, 9.17) is 0 Å². The molecule has 0 nitrogen and oxygen atoms in total. The number of hydrogen-bond donors (Lipinski definition) is 0. The van der Waals surface area contributed by atoms with Crippen molar-refractivity contribution in [1.82, 2.24) is 0 Å². The molecule has 2 aromatic carbocycles. The molecule has 0 heterocycles. The third kappa shape index (κ3) is 2.02. The summed E-state index contributed by atoms with van der Waals surface area (Å²) < 4.78 is 0. The van der Waals surface area contributed by atoms with Gasteiger partial charge < -0.3 is 0 Å². The molecule has 0 amide bonds. The van der Waals surface area contributed by atoms with Crippen molar-refractivity contribution in [1.29, 1.82) is 0 Å². The van der Waals surface area contributed by atoms with Gasteiger partial charge in [0.15, 0.2) is 0 Å². The Hall–Kier alpha value is -1.00. The molecule has 1 unspecified atom stereocenters. The van der Waals surface area contributed by atoms with Gasteiger partial charge in [-0.25, -0.2) is 6.07 Å². The molecule has 1 heteroatoms. The van der Waals surface area contributed by atoms with E-state index in [1.165, 1.54) is 16.2 Å². The van der Waals surface area contributed by atoms with Crippen molar-refractivity contribution >= 4 is 19.2 Å². The first kappa shape index (κ1) is 8.59. The van der Waals surface area contributed by atoms with Crippen LogP contribution < -0.4 is 10.6 Å². The molecule has 0 bridgehead atoms. The SMILES string of the molecule is Cc1ccccc1Pc1cc[cH-]c1. The van der Waals surface area contributed by atoms with Gasteiger partial charge in [0.25, 0.3) is 0 Å². The summed E-state index contributed by atoms with van der Waals surface area (Å²) in [5.74, 6) is 0. The second kappa shape index (κ2) is 3.81. The van der Waals surface area contributed by atoms with E-state index >= 15 is 0 Å². The zero-order valence-corrected chi connectivity index (χ0v) is 8.62. The summed E-state index contributed by atoms with van der Waals surface area (Å²) in [5, 5.41) is 2.88. The Morgan fingerprint density at radius 3 is 2.69 bits per heavy atom. The summed E-state index contributed by atoms with van der Waals surface area (Å²) in [6, 6.07) is 17.1. The maximum Gasteiger partial charge on any atom is -0.0326 e. The first-order valence-electron chi connectivity index (χ1n) is 4.40. The van der Waals surface area contributed by atoms with E-state index in [1.807, 2.05) is 0 Å². The lowest BCUT2D eigenvalue weighted by Gasteiger charge is -2.07. The highest BCUT2D eigenvalue weighted by Gasteiger charge is 1.93. The molecule has 2 aromatic rings. The van der Waals surface area contributed by atoms with E-state index in [2.05, 4.69) is 55.5 Å². The maximum atomic E-state index is 2.21. The Morgan fingerprint density at radius 1 is 1.15 bits per heavy atom. The van der Waals surface area contributed by atoms with Gasteiger partial charge in [-0.3, -0.25) is 0 Å². The molecule has 0 aromatic heterocycles. The fourth-order valence-electron chi connectivity index (χ4n) is 1.33. The molecule has 0 radical (unpaired) electrons. The first-order chi connectivity index (χ1) is 6.36. The Balaban J connectivity index is 2.24. The molecule has 0 aliphatic carbocycles. The second-order valence-corrected chi connectivity index (χ2v) is 4.48. The minimum Gasteiger partial charge on any atom is -0.206 e. The van der Waals surface area contributed by atoms with Crippen LogP contribution in [0.1, 0.15) is 5.56 Å². The standard InChI is InChI=1S/C12H12P/c1-10-6-2-5-9-12(10)13-11-7-3-4-8-11/h2-9,13H,1H3/q-1. The van der Waals surface area contributed by atoms with Crippen LogP contribution in [0.15, 0.2) is 48.5 Å². The lowest BCUT2D eigenvalue weighted by atomic mass is 10.2. The molecule has 66 valence electrons. The molecule has 2 rings (SSSR count). The van der Waals surface area contributed by atoms with Gasteiger partial charge in [0.1, 0.15) is 0 Å². The predicted molar refractivity (Wildman–Crippen MR) is 60.8 cm³/mol. The van der Waals surface area contributed by atoms with Gasteiger partial charge in [-0.15, -0.1) is 8.58 Å². The molecular weight excluding hydrogens is 175 g/mol. The Bertz CT molecular complexity index is 374. The molecule has 13 heavy (non-hydrogen) atoms. The van der Waals surface area contributed by atoms with Crippen LogP contribution in [0.2, 0.25) is 0 Å². The average molecular weight is 187 g/mol. The molecule has 0 aliphatic rings.